The highest BCUT2D eigenvalue weighted by Crippen LogP contribution is 2.27. The van der Waals surface area contributed by atoms with Crippen molar-refractivity contribution in [3.63, 3.8) is 0 Å². The molecule has 0 bridgehead atoms. The van der Waals surface area contributed by atoms with E-state index >= 15 is 0 Å². The fourth-order valence-electron chi connectivity index (χ4n) is 2.67. The zero-order chi connectivity index (χ0) is 15.4. The summed E-state index contributed by atoms with van der Waals surface area (Å²) >= 11 is 0. The minimum atomic E-state index is -0.750. The number of halogens is 2. The molecule has 2 rings (SSSR count). The molecule has 1 aliphatic carbocycles. The van der Waals surface area contributed by atoms with E-state index in [2.05, 4.69) is 24.1 Å². The van der Waals surface area contributed by atoms with Crippen molar-refractivity contribution in [2.45, 2.75) is 45.4 Å². The van der Waals surface area contributed by atoms with Crippen LogP contribution in [0, 0.1) is 18.8 Å². The average Bonchev–Trinajstić information content (AvgIpc) is 2.71. The average molecular weight is 367 g/mol. The zero-order valence-electron chi connectivity index (χ0n) is 13.8. The van der Waals surface area contributed by atoms with Crippen molar-refractivity contribution in [3.05, 3.63) is 23.9 Å². The summed E-state index contributed by atoms with van der Waals surface area (Å²) in [6.45, 7) is 7.35. The van der Waals surface area contributed by atoms with Gasteiger partial charge in [-0.1, -0.05) is 19.9 Å². The molecule has 0 aliphatic heterocycles. The van der Waals surface area contributed by atoms with Crippen molar-refractivity contribution in [2.24, 2.45) is 11.8 Å². The van der Waals surface area contributed by atoms with E-state index < -0.39 is 12.2 Å². The highest BCUT2D eigenvalue weighted by atomic mass is 35.5. The fourth-order valence-corrected chi connectivity index (χ4v) is 2.67. The fraction of sp³-hybridized carbons (Fsp3) is 0.688. The first-order chi connectivity index (χ1) is 9.97. The van der Waals surface area contributed by atoms with Gasteiger partial charge in [0.1, 0.15) is 0 Å². The van der Waals surface area contributed by atoms with Gasteiger partial charge in [-0.2, -0.15) is 0 Å². The highest BCUT2D eigenvalue weighted by molar-refractivity contribution is 5.85. The van der Waals surface area contributed by atoms with E-state index in [0.29, 0.717) is 24.8 Å². The second-order valence-electron chi connectivity index (χ2n) is 6.31. The predicted molar refractivity (Wildman–Crippen MR) is 95.7 cm³/mol. The van der Waals surface area contributed by atoms with Crippen LogP contribution in [0.1, 0.15) is 26.0 Å². The summed E-state index contributed by atoms with van der Waals surface area (Å²) in [6.07, 6.45) is -0.775. The van der Waals surface area contributed by atoms with Crippen LogP contribution in [0.2, 0.25) is 0 Å². The second kappa shape index (κ2) is 10.3. The Balaban J connectivity index is 0.00000242. The third-order valence-electron chi connectivity index (χ3n) is 3.90. The zero-order valence-corrected chi connectivity index (χ0v) is 15.4. The summed E-state index contributed by atoms with van der Waals surface area (Å²) in [5, 5.41) is 23.6. The molecule has 1 fully saturated rings. The van der Waals surface area contributed by atoms with Crippen molar-refractivity contribution in [2.75, 3.05) is 13.2 Å². The van der Waals surface area contributed by atoms with Gasteiger partial charge in [0, 0.05) is 23.7 Å². The van der Waals surface area contributed by atoms with Crippen LogP contribution in [0.25, 0.3) is 0 Å². The summed E-state index contributed by atoms with van der Waals surface area (Å²) in [7, 11) is 0. The molecule has 7 heteroatoms. The van der Waals surface area contributed by atoms with Crippen LogP contribution in [-0.2, 0) is 0 Å². The molecule has 1 heterocycles. The van der Waals surface area contributed by atoms with E-state index in [0.717, 1.165) is 12.2 Å². The third kappa shape index (κ3) is 6.43. The Morgan fingerprint density at radius 2 is 1.96 bits per heavy atom. The lowest BCUT2D eigenvalue weighted by Crippen LogP contribution is -2.41. The molecular weight excluding hydrogens is 339 g/mol. The maximum Gasteiger partial charge on any atom is 0.213 e. The molecule has 0 aromatic carbocycles. The van der Waals surface area contributed by atoms with E-state index in [1.165, 1.54) is 0 Å². The molecule has 0 amide bonds. The van der Waals surface area contributed by atoms with Gasteiger partial charge < -0.3 is 20.3 Å². The van der Waals surface area contributed by atoms with Gasteiger partial charge in [-0.25, -0.2) is 4.98 Å². The number of nitrogens with zero attached hydrogens (tertiary/aromatic N) is 1. The Kier molecular flexibility index (Phi) is 10.0. The normalized spacial score (nSPS) is 26.5. The van der Waals surface area contributed by atoms with Gasteiger partial charge in [0.2, 0.25) is 5.88 Å². The molecule has 3 N–H and O–H groups in total. The molecule has 1 saturated carbocycles. The summed E-state index contributed by atoms with van der Waals surface area (Å²) in [5.74, 6) is 1.00. The number of nitrogens with one attached hydrogen (secondary N) is 1. The number of hydrogen-bond donors (Lipinski definition) is 3. The van der Waals surface area contributed by atoms with Gasteiger partial charge in [-0.15, -0.1) is 24.8 Å². The standard InChI is InChI=1S/C16H26N2O3.2ClH/c1-10(2)8-17-13-7-12(15(19)16(13)20)9-21-14-6-4-5-11(3)18-14;;/h4-6,10,12-13,15-17,19-20H,7-9H2,1-3H3;2*1H/t12-,13-,15-,16+;;/m1../s1. The lowest BCUT2D eigenvalue weighted by molar-refractivity contribution is 0.00167. The first-order valence-corrected chi connectivity index (χ1v) is 7.63. The Hall–Kier alpha value is -0.590. The van der Waals surface area contributed by atoms with Crippen LogP contribution in [0.5, 0.6) is 5.88 Å². The molecule has 0 unspecified atom stereocenters. The van der Waals surface area contributed by atoms with Crippen molar-refractivity contribution in [1.82, 2.24) is 10.3 Å². The molecule has 0 saturated heterocycles. The van der Waals surface area contributed by atoms with Crippen LogP contribution < -0.4 is 10.1 Å². The SMILES string of the molecule is Cc1cccc(OC[C@H]2C[C@@H](NCC(C)C)[C@H](O)[C@@H]2O)n1.Cl.Cl. The number of hydrogen-bond acceptors (Lipinski definition) is 5. The lowest BCUT2D eigenvalue weighted by Gasteiger charge is -2.19. The molecule has 1 aromatic rings. The maximum atomic E-state index is 10.1. The Morgan fingerprint density at radius 3 is 2.57 bits per heavy atom. The number of pyridine rings is 1. The molecule has 23 heavy (non-hydrogen) atoms. The number of ether oxygens (including phenoxy) is 1. The van der Waals surface area contributed by atoms with Crippen molar-refractivity contribution >= 4 is 24.8 Å². The monoisotopic (exact) mass is 366 g/mol. The van der Waals surface area contributed by atoms with Crippen LogP contribution in [0.3, 0.4) is 0 Å². The minimum absolute atomic E-state index is 0. The smallest absolute Gasteiger partial charge is 0.213 e. The first-order valence-electron chi connectivity index (χ1n) is 7.63. The number of aryl methyl sites for hydroxylation is 1. The van der Waals surface area contributed by atoms with E-state index in [9.17, 15) is 10.2 Å². The molecule has 1 aromatic heterocycles. The Morgan fingerprint density at radius 1 is 1.26 bits per heavy atom. The van der Waals surface area contributed by atoms with Crippen molar-refractivity contribution in [3.8, 4) is 5.88 Å². The van der Waals surface area contributed by atoms with E-state index in [-0.39, 0.29) is 36.8 Å². The second-order valence-corrected chi connectivity index (χ2v) is 6.31. The Labute approximate surface area is 150 Å². The van der Waals surface area contributed by atoms with Gasteiger partial charge in [0.05, 0.1) is 18.8 Å². The highest BCUT2D eigenvalue weighted by Gasteiger charge is 2.41. The number of aliphatic hydroxyl groups is 2. The summed E-state index contributed by atoms with van der Waals surface area (Å²) in [4.78, 5) is 4.27. The van der Waals surface area contributed by atoms with Gasteiger partial charge in [-0.05, 0) is 31.9 Å². The maximum absolute atomic E-state index is 10.1. The minimum Gasteiger partial charge on any atom is -0.477 e. The van der Waals surface area contributed by atoms with Gasteiger partial charge in [-0.3, -0.25) is 0 Å². The predicted octanol–water partition coefficient (Wildman–Crippen LogP) is 1.97. The number of aliphatic hydroxyl groups excluding tert-OH is 2. The van der Waals surface area contributed by atoms with Gasteiger partial charge >= 0.3 is 0 Å². The molecular formula is C16H28Cl2N2O3. The molecule has 5 nitrogen and oxygen atoms in total. The van der Waals surface area contributed by atoms with Crippen LogP contribution >= 0.6 is 24.8 Å². The third-order valence-corrected chi connectivity index (χ3v) is 3.90. The Bertz CT molecular complexity index is 463. The summed E-state index contributed by atoms with van der Waals surface area (Å²) in [6, 6.07) is 5.54. The molecule has 1 aliphatic rings. The van der Waals surface area contributed by atoms with Crippen molar-refractivity contribution < 1.29 is 14.9 Å². The lowest BCUT2D eigenvalue weighted by atomic mass is 10.1. The van der Waals surface area contributed by atoms with Crippen molar-refractivity contribution in [1.29, 1.82) is 0 Å². The molecule has 0 radical (unpaired) electrons. The molecule has 4 atom stereocenters. The topological polar surface area (TPSA) is 74.6 Å². The van der Waals surface area contributed by atoms with E-state index in [1.54, 1.807) is 6.07 Å². The molecule has 0 spiro atoms. The van der Waals surface area contributed by atoms with Crippen LogP contribution in [0.15, 0.2) is 18.2 Å². The number of aromatic nitrogens is 1. The summed E-state index contributed by atoms with van der Waals surface area (Å²) in [5.41, 5.74) is 0.899. The summed E-state index contributed by atoms with van der Waals surface area (Å²) < 4.78 is 5.65. The van der Waals surface area contributed by atoms with Gasteiger partial charge in [0.25, 0.3) is 0 Å². The van der Waals surface area contributed by atoms with E-state index in [1.807, 2.05) is 19.1 Å². The number of rotatable bonds is 6. The first kappa shape index (κ1) is 22.4. The van der Waals surface area contributed by atoms with Crippen LogP contribution in [0.4, 0.5) is 0 Å². The quantitative estimate of drug-likeness (QED) is 0.717. The van der Waals surface area contributed by atoms with Gasteiger partial charge in [0.15, 0.2) is 0 Å². The van der Waals surface area contributed by atoms with E-state index in [4.69, 9.17) is 4.74 Å². The molecule has 134 valence electrons. The van der Waals surface area contributed by atoms with Crippen LogP contribution in [-0.4, -0.2) is 46.6 Å². The largest absolute Gasteiger partial charge is 0.477 e.